The fourth-order valence-corrected chi connectivity index (χ4v) is 2.90. The Kier molecular flexibility index (Phi) is 6.56. The Balaban J connectivity index is 2.19. The highest BCUT2D eigenvalue weighted by molar-refractivity contribution is 5.70. The van der Waals surface area contributed by atoms with Crippen molar-refractivity contribution in [3.63, 3.8) is 0 Å². The number of carboxylic acids is 1. The molecule has 3 nitrogen and oxygen atoms in total. The Hall–Kier alpha value is -0.570. The number of nitrogens with two attached hydrogens (primary N) is 1. The van der Waals surface area contributed by atoms with Crippen LogP contribution in [0, 0.1) is 17.8 Å². The summed E-state index contributed by atoms with van der Waals surface area (Å²) in [6.07, 6.45) is 10.1. The molecule has 3 N–H and O–H groups in total. The Morgan fingerprint density at radius 2 is 2.00 bits per heavy atom. The van der Waals surface area contributed by atoms with Gasteiger partial charge in [0.05, 0.1) is 5.92 Å². The summed E-state index contributed by atoms with van der Waals surface area (Å²) in [6, 6.07) is 0. The van der Waals surface area contributed by atoms with E-state index in [1.807, 2.05) is 0 Å². The fraction of sp³-hybridized carbons (Fsp3) is 0.929. The van der Waals surface area contributed by atoms with Crippen molar-refractivity contribution in [1.82, 2.24) is 0 Å². The lowest BCUT2D eigenvalue weighted by atomic mass is 9.83. The van der Waals surface area contributed by atoms with Gasteiger partial charge in [0.1, 0.15) is 0 Å². The van der Waals surface area contributed by atoms with Crippen molar-refractivity contribution < 1.29 is 9.90 Å². The molecule has 0 spiro atoms. The molecular formula is C14H27NO2. The third-order valence-electron chi connectivity index (χ3n) is 4.11. The van der Waals surface area contributed by atoms with Crippen LogP contribution in [0.1, 0.15) is 58.3 Å². The second-order valence-corrected chi connectivity index (χ2v) is 5.69. The van der Waals surface area contributed by atoms with Crippen molar-refractivity contribution >= 4 is 5.97 Å². The SMILES string of the molecule is C[C@H](CCC1CCCCC1)C[C@H](CN)C(=O)O. The maximum Gasteiger partial charge on any atom is 0.307 e. The highest BCUT2D eigenvalue weighted by atomic mass is 16.4. The Labute approximate surface area is 105 Å². The van der Waals surface area contributed by atoms with Gasteiger partial charge in [0.15, 0.2) is 0 Å². The van der Waals surface area contributed by atoms with Crippen LogP contribution < -0.4 is 5.73 Å². The number of hydrogen-bond donors (Lipinski definition) is 2. The zero-order valence-electron chi connectivity index (χ0n) is 11.0. The monoisotopic (exact) mass is 241 g/mol. The van der Waals surface area contributed by atoms with Crippen LogP contribution in [0.2, 0.25) is 0 Å². The molecule has 0 aromatic rings. The number of carbonyl (C=O) groups is 1. The first-order valence-electron chi connectivity index (χ1n) is 7.06. The minimum atomic E-state index is -0.739. The molecule has 0 radical (unpaired) electrons. The van der Waals surface area contributed by atoms with Crippen LogP contribution in [0.3, 0.4) is 0 Å². The van der Waals surface area contributed by atoms with E-state index in [0.717, 1.165) is 18.8 Å². The minimum Gasteiger partial charge on any atom is -0.481 e. The molecule has 100 valence electrons. The smallest absolute Gasteiger partial charge is 0.307 e. The molecule has 0 heterocycles. The predicted octanol–water partition coefficient (Wildman–Crippen LogP) is 3.03. The molecule has 0 aromatic carbocycles. The molecule has 1 aliphatic rings. The number of rotatable bonds is 7. The third-order valence-corrected chi connectivity index (χ3v) is 4.11. The van der Waals surface area contributed by atoms with Gasteiger partial charge >= 0.3 is 5.97 Å². The average molecular weight is 241 g/mol. The van der Waals surface area contributed by atoms with Crippen LogP contribution in [-0.2, 0) is 4.79 Å². The topological polar surface area (TPSA) is 63.3 Å². The van der Waals surface area contributed by atoms with Crippen molar-refractivity contribution in [2.75, 3.05) is 6.54 Å². The molecule has 1 aliphatic carbocycles. The van der Waals surface area contributed by atoms with E-state index in [4.69, 9.17) is 10.8 Å². The van der Waals surface area contributed by atoms with Gasteiger partial charge in [0.25, 0.3) is 0 Å². The molecule has 0 amide bonds. The van der Waals surface area contributed by atoms with Gasteiger partial charge < -0.3 is 10.8 Å². The van der Waals surface area contributed by atoms with Crippen LogP contribution in [0.15, 0.2) is 0 Å². The summed E-state index contributed by atoms with van der Waals surface area (Å²) >= 11 is 0. The number of hydrogen-bond acceptors (Lipinski definition) is 2. The maximum absolute atomic E-state index is 10.9. The van der Waals surface area contributed by atoms with Crippen molar-refractivity contribution in [3.8, 4) is 0 Å². The molecule has 3 heteroatoms. The lowest BCUT2D eigenvalue weighted by Gasteiger charge is -2.23. The second kappa shape index (κ2) is 7.70. The van der Waals surface area contributed by atoms with Crippen LogP contribution >= 0.6 is 0 Å². The Morgan fingerprint density at radius 3 is 2.53 bits per heavy atom. The summed E-state index contributed by atoms with van der Waals surface area (Å²) in [5.74, 6) is 0.294. The molecule has 0 aromatic heterocycles. The van der Waals surface area contributed by atoms with Crippen molar-refractivity contribution in [1.29, 1.82) is 0 Å². The van der Waals surface area contributed by atoms with Crippen LogP contribution in [0.25, 0.3) is 0 Å². The Bertz CT molecular complexity index is 224. The number of aliphatic carboxylic acids is 1. The predicted molar refractivity (Wildman–Crippen MR) is 69.8 cm³/mol. The minimum absolute atomic E-state index is 0.267. The largest absolute Gasteiger partial charge is 0.481 e. The van der Waals surface area contributed by atoms with E-state index in [2.05, 4.69) is 6.92 Å². The first kappa shape index (κ1) is 14.5. The van der Waals surface area contributed by atoms with Gasteiger partial charge in [-0.1, -0.05) is 51.9 Å². The average Bonchev–Trinajstić information content (AvgIpc) is 2.34. The van der Waals surface area contributed by atoms with Crippen molar-refractivity contribution in [2.24, 2.45) is 23.5 Å². The highest BCUT2D eigenvalue weighted by Gasteiger charge is 2.20. The molecule has 0 aliphatic heterocycles. The summed E-state index contributed by atoms with van der Waals surface area (Å²) in [5, 5.41) is 8.96. The van der Waals surface area contributed by atoms with Gasteiger partial charge in [-0.25, -0.2) is 0 Å². The van der Waals surface area contributed by atoms with Gasteiger partial charge in [-0.05, 0) is 18.3 Å². The van der Waals surface area contributed by atoms with Crippen LogP contribution in [0.5, 0.6) is 0 Å². The normalized spacial score (nSPS) is 21.1. The van der Waals surface area contributed by atoms with E-state index >= 15 is 0 Å². The summed E-state index contributed by atoms with van der Waals surface area (Å²) in [5.41, 5.74) is 5.48. The lowest BCUT2D eigenvalue weighted by molar-refractivity contribution is -0.141. The highest BCUT2D eigenvalue weighted by Crippen LogP contribution is 2.29. The van der Waals surface area contributed by atoms with Gasteiger partial charge in [-0.3, -0.25) is 4.79 Å². The third kappa shape index (κ3) is 5.53. The van der Waals surface area contributed by atoms with E-state index < -0.39 is 5.97 Å². The first-order chi connectivity index (χ1) is 8.13. The summed E-state index contributed by atoms with van der Waals surface area (Å²) in [6.45, 7) is 2.43. The molecule has 1 rings (SSSR count). The molecule has 2 atom stereocenters. The fourth-order valence-electron chi connectivity index (χ4n) is 2.90. The van der Waals surface area contributed by atoms with E-state index in [1.165, 1.54) is 38.5 Å². The Morgan fingerprint density at radius 1 is 1.35 bits per heavy atom. The van der Waals surface area contributed by atoms with Gasteiger partial charge in [0, 0.05) is 6.54 Å². The molecule has 0 unspecified atom stereocenters. The zero-order valence-corrected chi connectivity index (χ0v) is 11.0. The van der Waals surface area contributed by atoms with E-state index in [-0.39, 0.29) is 12.5 Å². The van der Waals surface area contributed by atoms with Gasteiger partial charge in [0.2, 0.25) is 0 Å². The summed E-state index contributed by atoms with van der Waals surface area (Å²) in [4.78, 5) is 10.9. The van der Waals surface area contributed by atoms with E-state index in [9.17, 15) is 4.79 Å². The molecule has 17 heavy (non-hydrogen) atoms. The number of carboxylic acid groups (broad SMARTS) is 1. The zero-order chi connectivity index (χ0) is 12.7. The molecule has 0 saturated heterocycles. The van der Waals surface area contributed by atoms with Gasteiger partial charge in [-0.15, -0.1) is 0 Å². The van der Waals surface area contributed by atoms with Crippen LogP contribution in [-0.4, -0.2) is 17.6 Å². The van der Waals surface area contributed by atoms with Crippen molar-refractivity contribution in [3.05, 3.63) is 0 Å². The quantitative estimate of drug-likeness (QED) is 0.720. The molecule has 0 bridgehead atoms. The standard InChI is InChI=1S/C14H27NO2/c1-11(9-13(10-15)14(16)17)7-8-12-5-3-2-4-6-12/h11-13H,2-10,15H2,1H3,(H,16,17)/t11-,13-/m1/s1. The van der Waals surface area contributed by atoms with Crippen molar-refractivity contribution in [2.45, 2.75) is 58.3 Å². The van der Waals surface area contributed by atoms with Gasteiger partial charge in [-0.2, -0.15) is 0 Å². The second-order valence-electron chi connectivity index (χ2n) is 5.69. The molecular weight excluding hydrogens is 214 g/mol. The van der Waals surface area contributed by atoms with E-state index in [0.29, 0.717) is 5.92 Å². The van der Waals surface area contributed by atoms with E-state index in [1.54, 1.807) is 0 Å². The maximum atomic E-state index is 10.9. The van der Waals surface area contributed by atoms with Crippen LogP contribution in [0.4, 0.5) is 0 Å². The lowest BCUT2D eigenvalue weighted by Crippen LogP contribution is -2.25. The molecule has 1 saturated carbocycles. The summed E-state index contributed by atoms with van der Waals surface area (Å²) in [7, 11) is 0. The summed E-state index contributed by atoms with van der Waals surface area (Å²) < 4.78 is 0. The molecule has 1 fully saturated rings. The first-order valence-corrected chi connectivity index (χ1v) is 7.06.